The van der Waals surface area contributed by atoms with Crippen LogP contribution in [0, 0.1) is 72.2 Å². The Labute approximate surface area is 576 Å². The van der Waals surface area contributed by atoms with Crippen LogP contribution >= 0.6 is 68.8 Å². The van der Waals surface area contributed by atoms with Gasteiger partial charge in [0.15, 0.2) is 4.24 Å². The first-order chi connectivity index (χ1) is 58.7. The van der Waals surface area contributed by atoms with Crippen LogP contribution in [0.4, 0.5) is 30.6 Å². The Balaban J connectivity index is 0.000000203. The maximum absolute atomic E-state index is 14.6. The highest BCUT2D eigenvalue weighted by atomic mass is 35.5. The molecule has 15 nitrogen and oxygen atoms in total. The number of hydrogen-bond acceptors (Lipinski definition) is 18. The smallest absolute Gasteiger partial charge is 0.162 e. The zero-order chi connectivity index (χ0) is 99.9. The Morgan fingerprint density at radius 2 is 0.869 bits per heavy atom. The van der Waals surface area contributed by atoms with Gasteiger partial charge in [-0.1, -0.05) is 52.9 Å². The fourth-order valence-corrected chi connectivity index (χ4v) is 9.56. The zero-order valence-electron chi connectivity index (χ0n) is 87.9. The van der Waals surface area contributed by atoms with Gasteiger partial charge in [0.05, 0.1) is 62.3 Å². The molecule has 9 aromatic rings. The molecule has 0 aliphatic carbocycles. The molecular formula is C60H57Cl3F3N15S3. The molecule has 0 saturated carbocycles. The highest BCUT2D eigenvalue weighted by molar-refractivity contribution is 7.23. The van der Waals surface area contributed by atoms with E-state index in [1.165, 1.54) is 18.2 Å². The summed E-state index contributed by atoms with van der Waals surface area (Å²) in [6.07, 6.45) is -25.2. The summed E-state index contributed by atoms with van der Waals surface area (Å²) in [5.74, 6) is -6.69. The lowest BCUT2D eigenvalue weighted by atomic mass is 10.0. The predicted octanol–water partition coefficient (Wildman–Crippen LogP) is 14.2. The van der Waals surface area contributed by atoms with E-state index in [4.69, 9.17) is 98.0 Å². The molecule has 3 N–H and O–H groups in total. The minimum atomic E-state index is -4.14. The number of nitrogens with one attached hydrogen (secondary N) is 3. The molecule has 0 radical (unpaired) electrons. The Kier molecular flexibility index (Phi) is 8.39. The van der Waals surface area contributed by atoms with Gasteiger partial charge in [0.1, 0.15) is 89.3 Å². The van der Waals surface area contributed by atoms with Gasteiger partial charge in [0.25, 0.3) is 0 Å². The number of likely N-dealkylation sites (tertiary alicyclic amines) is 3. The van der Waals surface area contributed by atoms with Crippen LogP contribution in [0.1, 0.15) is 147 Å². The molecule has 0 bridgehead atoms. The Morgan fingerprint density at radius 1 is 0.536 bits per heavy atom. The van der Waals surface area contributed by atoms with E-state index in [1.54, 1.807) is 0 Å². The molecule has 3 aliphatic heterocycles. The first-order valence-corrected chi connectivity index (χ1v) is 26.3. The molecule has 3 fully saturated rings. The van der Waals surface area contributed by atoms with Crippen LogP contribution in [0.3, 0.4) is 0 Å². The number of benzene rings is 3. The number of hydrogen-bond donors (Lipinski definition) is 3. The van der Waals surface area contributed by atoms with Gasteiger partial charge in [-0.2, -0.15) is 15.8 Å². The molecule has 12 rings (SSSR count). The van der Waals surface area contributed by atoms with Crippen LogP contribution in [0.5, 0.6) is 0 Å². The third-order valence-corrected chi connectivity index (χ3v) is 13.6. The van der Waals surface area contributed by atoms with Gasteiger partial charge >= 0.3 is 0 Å². The van der Waals surface area contributed by atoms with Gasteiger partial charge < -0.3 is 15.9 Å². The van der Waals surface area contributed by atoms with Crippen molar-refractivity contribution in [1.29, 1.82) is 15.8 Å². The van der Waals surface area contributed by atoms with E-state index in [9.17, 15) is 29.0 Å². The number of nitriles is 3. The molecule has 24 heteroatoms. The average Bonchev–Trinajstić information content (AvgIpc) is 0.840. The monoisotopic (exact) mass is 1290 g/mol. The largest absolute Gasteiger partial charge is 0.367 e. The van der Waals surface area contributed by atoms with Crippen molar-refractivity contribution in [3.05, 3.63) is 154 Å². The van der Waals surface area contributed by atoms with Crippen molar-refractivity contribution in [1.82, 2.24) is 44.6 Å². The highest BCUT2D eigenvalue weighted by Gasteiger charge is 2.25. The van der Waals surface area contributed by atoms with E-state index in [0.29, 0.717) is 22.7 Å². The van der Waals surface area contributed by atoms with E-state index in [2.05, 4.69) is 29.9 Å². The van der Waals surface area contributed by atoms with Crippen LogP contribution in [0.15, 0.2) is 73.3 Å². The summed E-state index contributed by atoms with van der Waals surface area (Å²) in [6, 6.07) is -16.2. The Bertz CT molecular complexity index is 6280. The number of rotatable bonds is 12. The lowest BCUT2D eigenvalue weighted by Crippen LogP contribution is -2.38. The van der Waals surface area contributed by atoms with Crippen LogP contribution in [0.2, 0.25) is 17.2 Å². The van der Waals surface area contributed by atoms with Crippen molar-refractivity contribution in [2.24, 2.45) is 0 Å². The number of aromatic nitrogens is 6. The minimum Gasteiger partial charge on any atom is -0.367 e. The fraction of sp³-hybridized carbons (Fsp3) is 0.350. The van der Waals surface area contributed by atoms with Gasteiger partial charge in [0, 0.05) is 116 Å². The summed E-state index contributed by atoms with van der Waals surface area (Å²) in [5.41, 5.74) is -8.51. The molecule has 3 saturated heterocycles. The second-order valence-electron chi connectivity index (χ2n) is 15.9. The molecule has 0 amide bonds. The summed E-state index contributed by atoms with van der Waals surface area (Å²) in [5, 5.41) is 26.0. The molecule has 3 aliphatic rings. The number of thiophene rings is 3. The van der Waals surface area contributed by atoms with E-state index in [-0.39, 0.29) is 53.7 Å². The standard InChI is InChI=1S/3C20H19ClFN5S/c3*1-12-6-13(7-14(9-23)18(12)22)10-27-4-2-15(3-5-27)26-19-16-8-17(21)28-20(16)25-11-24-19/h3*6-8,11,15H,2-5,10H2,1H3,(H,24,25,26)/i2D2,3D2,4D2,5D2,6D,7D,8D,10D2,11D,15D;2D2,3D2,4D2,5D2,6D,7D,8D,10D,11D,15D;2D2,3D2,4D2,5D2,6D,7D,8D,10D2,15D/hD3. The number of anilines is 3. The van der Waals surface area contributed by atoms with Crippen molar-refractivity contribution >= 4 is 117 Å². The maximum atomic E-state index is 14.6. The Morgan fingerprint density at radius 3 is 1.25 bits per heavy atom. The lowest BCUT2D eigenvalue weighted by Gasteiger charge is -2.32. The van der Waals surface area contributed by atoms with Crippen LogP contribution in [-0.2, 0) is 19.5 Å². The van der Waals surface area contributed by atoms with Gasteiger partial charge in [-0.05, 0) is 129 Å². The third kappa shape index (κ3) is 14.8. The second-order valence-corrected chi connectivity index (χ2v) is 20.7. The van der Waals surface area contributed by atoms with E-state index >= 15 is 0 Å². The summed E-state index contributed by atoms with van der Waals surface area (Å²) >= 11 is 20.0. The van der Waals surface area contributed by atoms with Crippen molar-refractivity contribution in [3.63, 3.8) is 0 Å². The first kappa shape index (κ1) is 25.6. The van der Waals surface area contributed by atoms with E-state index in [0.717, 1.165) is 38.4 Å². The van der Waals surface area contributed by atoms with Crippen LogP contribution in [0.25, 0.3) is 30.6 Å². The number of fused-ring (bicyclic) bond motifs is 3. The van der Waals surface area contributed by atoms with Gasteiger partial charge in [-0.3, -0.25) is 14.7 Å². The maximum Gasteiger partial charge on any atom is 0.162 e. The van der Waals surface area contributed by atoms with Crippen molar-refractivity contribution in [3.8, 4) is 18.2 Å². The van der Waals surface area contributed by atoms with E-state index < -0.39 is 287 Å². The molecule has 0 spiro atoms. The first-order valence-electron chi connectivity index (χ1n) is 45.6. The minimum absolute atomic E-state index is 0.0345. The van der Waals surface area contributed by atoms with Crippen molar-refractivity contribution in [2.45, 2.75) is 96.6 Å². The van der Waals surface area contributed by atoms with Gasteiger partial charge in [0.2, 0.25) is 0 Å². The van der Waals surface area contributed by atoms with Crippen LogP contribution < -0.4 is 15.9 Å². The second kappa shape index (κ2) is 27.5. The third-order valence-electron chi connectivity index (χ3n) is 10.3. The molecule has 432 valence electrons. The topological polar surface area (TPSA) is 195 Å². The average molecular weight is 1290 g/mol. The number of nitrogens with zero attached hydrogens (tertiary/aromatic N) is 12. The summed E-state index contributed by atoms with van der Waals surface area (Å²) in [6.45, 7) is -31.7. The number of halogens is 6. The van der Waals surface area contributed by atoms with Crippen molar-refractivity contribution in [2.75, 3.05) is 54.9 Å². The molecule has 3 aromatic carbocycles. The summed E-state index contributed by atoms with van der Waals surface area (Å²) in [4.78, 5) is 20.5. The number of piperidine rings is 3. The molecule has 9 heterocycles. The normalized spacial score (nSPS) is 32.6. The van der Waals surface area contributed by atoms with Gasteiger partial charge in [-0.15, -0.1) is 34.0 Å². The summed E-state index contributed by atoms with van der Waals surface area (Å²) < 4.78 is 438. The highest BCUT2D eigenvalue weighted by Crippen LogP contribution is 2.35. The lowest BCUT2D eigenvalue weighted by molar-refractivity contribution is 0.211. The fourth-order valence-electron chi connectivity index (χ4n) is 6.65. The Hall–Kier alpha value is -6.81. The molecule has 6 aromatic heterocycles. The molecule has 1 unspecified atom stereocenters. The SMILES string of the molecule is [2H]c1c(C)c(F)c(C#N)c([2H])c1C([2H])([2H])N1C([2H])([2H])C([2H])([2H])C([2H])(N([2H])c2ncnc3sc(Cl)c([2H])c23)C([2H])([2H])C1([2H])[2H].[2H]c1nc(N([2H])C2([2H])C([2H])([2H])C([2H])([2H])N(C([2H])([2H])c3c([2H])c(C)c(F)c(C#N)c3[2H])C([2H])([2H])C2([2H])[2H])c2c([2H])c(Cl)sc2n1.[2H]c1nc(N([2H])C2([2H])C([2H])([2H])C([2H])([2H])N(C([2H])c3c([2H])c(C)c(F)c(C#N)c3[2H])C([2H])([2H])C2([2H])[2H])c2c([2H])c(Cl)sc2n1. The van der Waals surface area contributed by atoms with Crippen LogP contribution in [-0.4, -0.2) is 102 Å². The summed E-state index contributed by atoms with van der Waals surface area (Å²) in [7, 11) is 0. The predicted molar refractivity (Wildman–Crippen MR) is 331 cm³/mol. The van der Waals surface area contributed by atoms with E-state index in [1.807, 2.05) is 0 Å². The zero-order valence-corrected chi connectivity index (χ0v) is 46.6. The molecule has 84 heavy (non-hydrogen) atoms. The van der Waals surface area contributed by atoms with Crippen molar-refractivity contribution < 1.29 is 76.3 Å². The quantitative estimate of drug-likeness (QED) is 0.104. The van der Waals surface area contributed by atoms with Gasteiger partial charge in [-0.25, -0.2) is 43.1 Å². The molecule has 1 atom stereocenters. The molecular weight excluding hydrogens is 1190 g/mol.